The molecule has 25 heavy (non-hydrogen) atoms. The van der Waals surface area contributed by atoms with Crippen molar-refractivity contribution < 1.29 is 9.32 Å². The largest absolute Gasteiger partial charge is 0.352 e. The molecule has 0 bridgehead atoms. The minimum atomic E-state index is -0.0316. The van der Waals surface area contributed by atoms with Crippen LogP contribution < -0.4 is 5.32 Å². The van der Waals surface area contributed by atoms with Crippen molar-refractivity contribution in [3.8, 4) is 11.4 Å². The van der Waals surface area contributed by atoms with Gasteiger partial charge < -0.3 is 9.84 Å². The van der Waals surface area contributed by atoms with Crippen molar-refractivity contribution in [2.45, 2.75) is 33.2 Å². The summed E-state index contributed by atoms with van der Waals surface area (Å²) in [6.07, 6.45) is 0.750. The molecule has 0 fully saturated rings. The van der Waals surface area contributed by atoms with Crippen LogP contribution in [0.15, 0.2) is 53.1 Å². The van der Waals surface area contributed by atoms with Crippen molar-refractivity contribution in [2.75, 3.05) is 0 Å². The second kappa shape index (κ2) is 7.75. The third-order valence-electron chi connectivity index (χ3n) is 3.92. The minimum absolute atomic E-state index is 0.0316. The van der Waals surface area contributed by atoms with Crippen LogP contribution in [-0.4, -0.2) is 16.0 Å². The average molecular weight is 335 g/mol. The number of benzene rings is 2. The lowest BCUT2D eigenvalue weighted by molar-refractivity contribution is -0.121. The van der Waals surface area contributed by atoms with Crippen LogP contribution in [0.3, 0.4) is 0 Å². The molecule has 0 radical (unpaired) electrons. The Hall–Kier alpha value is -2.95. The van der Waals surface area contributed by atoms with Crippen LogP contribution in [-0.2, 0) is 17.8 Å². The molecule has 5 heteroatoms. The number of amides is 1. The van der Waals surface area contributed by atoms with Crippen LogP contribution in [0.1, 0.15) is 29.0 Å². The molecule has 128 valence electrons. The summed E-state index contributed by atoms with van der Waals surface area (Å²) in [7, 11) is 0. The molecule has 0 saturated heterocycles. The molecule has 3 rings (SSSR count). The van der Waals surface area contributed by atoms with Crippen molar-refractivity contribution in [1.29, 1.82) is 0 Å². The molecule has 2 aromatic carbocycles. The standard InChI is InChI=1S/C20H21N3O2/c1-14-6-8-16(9-7-14)13-21-18(24)10-11-19-22-20(23-25-19)17-5-3-4-15(2)12-17/h3-9,12H,10-11,13H2,1-2H3,(H,21,24). The van der Waals surface area contributed by atoms with E-state index in [4.69, 9.17) is 4.52 Å². The maximum atomic E-state index is 12.0. The van der Waals surface area contributed by atoms with Gasteiger partial charge in [0.05, 0.1) is 0 Å². The highest BCUT2D eigenvalue weighted by molar-refractivity contribution is 5.76. The van der Waals surface area contributed by atoms with Crippen LogP contribution >= 0.6 is 0 Å². The quantitative estimate of drug-likeness (QED) is 0.747. The first-order chi connectivity index (χ1) is 12.1. The average Bonchev–Trinajstić information content (AvgIpc) is 3.08. The predicted molar refractivity (Wildman–Crippen MR) is 95.8 cm³/mol. The molecule has 0 atom stereocenters. The van der Waals surface area contributed by atoms with E-state index >= 15 is 0 Å². The molecular weight excluding hydrogens is 314 g/mol. The van der Waals surface area contributed by atoms with Crippen LogP contribution in [0, 0.1) is 13.8 Å². The van der Waals surface area contributed by atoms with Gasteiger partial charge in [-0.1, -0.05) is 58.7 Å². The SMILES string of the molecule is Cc1ccc(CNC(=O)CCc2nc(-c3cccc(C)c3)no2)cc1. The van der Waals surface area contributed by atoms with Crippen molar-refractivity contribution >= 4 is 5.91 Å². The molecular formula is C20H21N3O2. The molecule has 0 unspecified atom stereocenters. The Morgan fingerprint density at radius 2 is 1.88 bits per heavy atom. The normalized spacial score (nSPS) is 10.6. The van der Waals surface area contributed by atoms with Gasteiger partial charge in [0.1, 0.15) is 0 Å². The van der Waals surface area contributed by atoms with E-state index in [-0.39, 0.29) is 5.91 Å². The fourth-order valence-electron chi connectivity index (χ4n) is 2.47. The van der Waals surface area contributed by atoms with E-state index < -0.39 is 0 Å². The monoisotopic (exact) mass is 335 g/mol. The lowest BCUT2D eigenvalue weighted by atomic mass is 10.1. The van der Waals surface area contributed by atoms with E-state index in [0.29, 0.717) is 31.1 Å². The van der Waals surface area contributed by atoms with E-state index in [0.717, 1.165) is 16.7 Å². The molecule has 0 saturated carbocycles. The highest BCUT2D eigenvalue weighted by atomic mass is 16.5. The topological polar surface area (TPSA) is 68.0 Å². The summed E-state index contributed by atoms with van der Waals surface area (Å²) in [5, 5.41) is 6.90. The van der Waals surface area contributed by atoms with Gasteiger partial charge in [0.2, 0.25) is 17.6 Å². The van der Waals surface area contributed by atoms with E-state index in [1.165, 1.54) is 5.56 Å². The summed E-state index contributed by atoms with van der Waals surface area (Å²) in [5.74, 6) is 0.997. The molecule has 5 nitrogen and oxygen atoms in total. The van der Waals surface area contributed by atoms with E-state index in [9.17, 15) is 4.79 Å². The zero-order valence-corrected chi connectivity index (χ0v) is 14.5. The first kappa shape index (κ1) is 16.9. The zero-order chi connectivity index (χ0) is 17.6. The maximum absolute atomic E-state index is 12.0. The number of hydrogen-bond acceptors (Lipinski definition) is 4. The zero-order valence-electron chi connectivity index (χ0n) is 14.5. The number of aromatic nitrogens is 2. The van der Waals surface area contributed by atoms with Gasteiger partial charge in [0.15, 0.2) is 0 Å². The summed E-state index contributed by atoms with van der Waals surface area (Å²) in [4.78, 5) is 16.3. The van der Waals surface area contributed by atoms with E-state index in [2.05, 4.69) is 15.5 Å². The van der Waals surface area contributed by atoms with Gasteiger partial charge in [-0.2, -0.15) is 4.98 Å². The Labute approximate surface area is 147 Å². The van der Waals surface area contributed by atoms with Crippen LogP contribution in [0.25, 0.3) is 11.4 Å². The van der Waals surface area contributed by atoms with Gasteiger partial charge in [-0.3, -0.25) is 4.79 Å². The Kier molecular flexibility index (Phi) is 5.23. The van der Waals surface area contributed by atoms with Gasteiger partial charge in [-0.05, 0) is 25.5 Å². The van der Waals surface area contributed by atoms with Crippen molar-refractivity contribution in [3.63, 3.8) is 0 Å². The summed E-state index contributed by atoms with van der Waals surface area (Å²) in [5.41, 5.74) is 4.34. The first-order valence-corrected chi connectivity index (χ1v) is 8.32. The highest BCUT2D eigenvalue weighted by Gasteiger charge is 2.10. The summed E-state index contributed by atoms with van der Waals surface area (Å²) < 4.78 is 5.24. The number of rotatable bonds is 6. The van der Waals surface area contributed by atoms with E-state index in [1.54, 1.807) is 0 Å². The second-order valence-corrected chi connectivity index (χ2v) is 6.14. The Balaban J connectivity index is 1.50. The molecule has 1 N–H and O–H groups in total. The summed E-state index contributed by atoms with van der Waals surface area (Å²) in [6.45, 7) is 4.58. The molecule has 1 amide bonds. The fraction of sp³-hybridized carbons (Fsp3) is 0.250. The number of carbonyl (C=O) groups is 1. The van der Waals surface area contributed by atoms with Gasteiger partial charge >= 0.3 is 0 Å². The summed E-state index contributed by atoms with van der Waals surface area (Å²) >= 11 is 0. The van der Waals surface area contributed by atoms with Gasteiger partial charge in [-0.25, -0.2) is 0 Å². The Morgan fingerprint density at radius 1 is 1.08 bits per heavy atom. The summed E-state index contributed by atoms with van der Waals surface area (Å²) in [6, 6.07) is 16.0. The van der Waals surface area contributed by atoms with Crippen molar-refractivity contribution in [3.05, 3.63) is 71.1 Å². The number of nitrogens with zero attached hydrogens (tertiary/aromatic N) is 2. The number of carbonyl (C=O) groups excluding carboxylic acids is 1. The van der Waals surface area contributed by atoms with Gasteiger partial charge in [0, 0.05) is 24.9 Å². The predicted octanol–water partition coefficient (Wildman–Crippen LogP) is 3.60. The third-order valence-corrected chi connectivity index (χ3v) is 3.92. The van der Waals surface area contributed by atoms with Gasteiger partial charge in [-0.15, -0.1) is 0 Å². The van der Waals surface area contributed by atoms with Crippen molar-refractivity contribution in [2.24, 2.45) is 0 Å². The van der Waals surface area contributed by atoms with E-state index in [1.807, 2.05) is 62.4 Å². The van der Waals surface area contributed by atoms with Gasteiger partial charge in [0.25, 0.3) is 0 Å². The van der Waals surface area contributed by atoms with Crippen LogP contribution in [0.4, 0.5) is 0 Å². The maximum Gasteiger partial charge on any atom is 0.227 e. The number of nitrogens with one attached hydrogen (secondary N) is 1. The molecule has 0 spiro atoms. The number of aryl methyl sites for hydroxylation is 3. The molecule has 0 aliphatic rings. The molecule has 0 aliphatic heterocycles. The smallest absolute Gasteiger partial charge is 0.227 e. The molecule has 1 heterocycles. The van der Waals surface area contributed by atoms with Crippen LogP contribution in [0.5, 0.6) is 0 Å². The molecule has 0 aliphatic carbocycles. The second-order valence-electron chi connectivity index (χ2n) is 6.14. The lowest BCUT2D eigenvalue weighted by Crippen LogP contribution is -2.23. The van der Waals surface area contributed by atoms with Crippen LogP contribution in [0.2, 0.25) is 0 Å². The first-order valence-electron chi connectivity index (χ1n) is 8.32. The lowest BCUT2D eigenvalue weighted by Gasteiger charge is -2.04. The molecule has 3 aromatic rings. The van der Waals surface area contributed by atoms with Crippen molar-refractivity contribution in [1.82, 2.24) is 15.5 Å². The minimum Gasteiger partial charge on any atom is -0.352 e. The molecule has 1 aromatic heterocycles. The Morgan fingerprint density at radius 3 is 2.64 bits per heavy atom. The number of hydrogen-bond donors (Lipinski definition) is 1. The fourth-order valence-corrected chi connectivity index (χ4v) is 2.47. The third kappa shape index (κ3) is 4.76. The highest BCUT2D eigenvalue weighted by Crippen LogP contribution is 2.17. The Bertz CT molecular complexity index is 853.